The Morgan fingerprint density at radius 1 is 0.429 bits per heavy atom. The molecule has 6 aromatic carbocycles. The Kier molecular flexibility index (Phi) is 7.06. The van der Waals surface area contributed by atoms with Crippen molar-refractivity contribution >= 4 is 32.7 Å². The van der Waals surface area contributed by atoms with Crippen LogP contribution in [-0.4, -0.2) is 19.5 Å². The van der Waals surface area contributed by atoms with Crippen LogP contribution in [0.15, 0.2) is 164 Å². The highest BCUT2D eigenvalue weighted by Crippen LogP contribution is 2.36. The first-order chi connectivity index (χ1) is 24.2. The number of para-hydroxylation sites is 1. The normalized spacial score (nSPS) is 11.4. The van der Waals surface area contributed by atoms with Crippen LogP contribution >= 0.6 is 0 Å². The fourth-order valence-corrected chi connectivity index (χ4v) is 7.00. The lowest BCUT2D eigenvalue weighted by atomic mass is 9.99. The Morgan fingerprint density at radius 3 is 1.69 bits per heavy atom. The van der Waals surface area contributed by atoms with Crippen LogP contribution in [0.3, 0.4) is 0 Å². The summed E-state index contributed by atoms with van der Waals surface area (Å²) in [7, 11) is 0. The van der Waals surface area contributed by atoms with Crippen LogP contribution in [0.5, 0.6) is 0 Å². The van der Waals surface area contributed by atoms with Gasteiger partial charge in [0.25, 0.3) is 0 Å². The zero-order valence-electron chi connectivity index (χ0n) is 27.1. The van der Waals surface area contributed by atoms with Gasteiger partial charge >= 0.3 is 0 Å². The maximum atomic E-state index is 5.31. The van der Waals surface area contributed by atoms with Gasteiger partial charge in [-0.25, -0.2) is 15.0 Å². The minimum Gasteiger partial charge on any atom is -0.339 e. The van der Waals surface area contributed by atoms with Crippen molar-refractivity contribution in [3.63, 3.8) is 0 Å². The van der Waals surface area contributed by atoms with E-state index in [4.69, 9.17) is 15.0 Å². The lowest BCUT2D eigenvalue weighted by molar-refractivity contribution is 0.829. The van der Waals surface area contributed by atoms with E-state index < -0.39 is 0 Å². The van der Waals surface area contributed by atoms with Gasteiger partial charge in [-0.3, -0.25) is 0 Å². The third-order valence-corrected chi connectivity index (χ3v) is 9.38. The SMILES string of the molecule is CCn1c2ccccc2c2ccc3ccc(-c4cccc(-c5cccc(-c6nc(-c7ccccc7)cc(-c7ccccc7)n6)c5)c4)nc3c21. The molecule has 0 saturated heterocycles. The van der Waals surface area contributed by atoms with Gasteiger partial charge in [0.15, 0.2) is 5.82 Å². The number of rotatable bonds is 6. The predicted octanol–water partition coefficient (Wildman–Crippen LogP) is 11.5. The maximum Gasteiger partial charge on any atom is 0.160 e. The van der Waals surface area contributed by atoms with Gasteiger partial charge in [-0.2, -0.15) is 0 Å². The minimum absolute atomic E-state index is 0.699. The average Bonchev–Trinajstić information content (AvgIpc) is 3.52. The molecule has 4 nitrogen and oxygen atoms in total. The molecule has 0 radical (unpaired) electrons. The van der Waals surface area contributed by atoms with E-state index in [0.29, 0.717) is 5.82 Å². The van der Waals surface area contributed by atoms with Crippen molar-refractivity contribution < 1.29 is 0 Å². The van der Waals surface area contributed by atoms with Crippen LogP contribution in [-0.2, 0) is 6.54 Å². The quantitative estimate of drug-likeness (QED) is 0.184. The molecule has 4 heteroatoms. The Labute approximate surface area is 285 Å². The molecule has 49 heavy (non-hydrogen) atoms. The molecule has 9 aromatic rings. The van der Waals surface area contributed by atoms with Gasteiger partial charge in [0.1, 0.15) is 0 Å². The van der Waals surface area contributed by atoms with Gasteiger partial charge in [0.05, 0.1) is 28.1 Å². The topological polar surface area (TPSA) is 43.6 Å². The van der Waals surface area contributed by atoms with Gasteiger partial charge < -0.3 is 4.57 Å². The second-order valence-corrected chi connectivity index (χ2v) is 12.3. The first-order valence-corrected chi connectivity index (χ1v) is 16.8. The molecule has 0 unspecified atom stereocenters. The molecule has 3 aromatic heterocycles. The summed E-state index contributed by atoms with van der Waals surface area (Å²) in [6.45, 7) is 3.09. The van der Waals surface area contributed by atoms with Crippen molar-refractivity contribution in [1.29, 1.82) is 0 Å². The number of benzene rings is 6. The van der Waals surface area contributed by atoms with E-state index in [0.717, 1.165) is 67.9 Å². The second kappa shape index (κ2) is 12.0. The van der Waals surface area contributed by atoms with E-state index in [1.165, 1.54) is 21.8 Å². The summed E-state index contributed by atoms with van der Waals surface area (Å²) in [5, 5.41) is 3.66. The smallest absolute Gasteiger partial charge is 0.160 e. The summed E-state index contributed by atoms with van der Waals surface area (Å²) in [4.78, 5) is 15.4. The van der Waals surface area contributed by atoms with Crippen LogP contribution in [0.4, 0.5) is 0 Å². The van der Waals surface area contributed by atoms with Gasteiger partial charge in [-0.15, -0.1) is 0 Å². The number of pyridine rings is 1. The van der Waals surface area contributed by atoms with Crippen LogP contribution < -0.4 is 0 Å². The summed E-state index contributed by atoms with van der Waals surface area (Å²) in [5.41, 5.74) is 12.6. The summed E-state index contributed by atoms with van der Waals surface area (Å²) in [5.74, 6) is 0.699. The molecular weight excluding hydrogens is 597 g/mol. The summed E-state index contributed by atoms with van der Waals surface area (Å²) in [6.07, 6.45) is 0. The number of aryl methyl sites for hydroxylation is 1. The highest BCUT2D eigenvalue weighted by atomic mass is 15.0. The van der Waals surface area contributed by atoms with Crippen molar-refractivity contribution in [3.8, 4) is 56.3 Å². The lowest BCUT2D eigenvalue weighted by Crippen LogP contribution is -1.96. The lowest BCUT2D eigenvalue weighted by Gasteiger charge is -2.11. The number of aromatic nitrogens is 4. The number of fused-ring (bicyclic) bond motifs is 5. The molecule has 0 bridgehead atoms. The van der Waals surface area contributed by atoms with E-state index in [2.05, 4.69) is 139 Å². The van der Waals surface area contributed by atoms with E-state index in [9.17, 15) is 0 Å². The standard InChI is InChI=1S/C45H32N4/c1-2-49-42-22-10-9-21-37(42)38-25-23-32-24-26-39(46-43(32)44(38)49)35-19-11-17-33(27-35)34-18-12-20-36(28-34)45-47-40(30-13-5-3-6-14-30)29-41(48-45)31-15-7-4-8-16-31/h3-29H,2H2,1H3. The average molecular weight is 629 g/mol. The van der Waals surface area contributed by atoms with E-state index in [-0.39, 0.29) is 0 Å². The molecule has 0 amide bonds. The van der Waals surface area contributed by atoms with Crippen molar-refractivity contribution in [2.24, 2.45) is 0 Å². The molecule has 0 atom stereocenters. The predicted molar refractivity (Wildman–Crippen MR) is 203 cm³/mol. The Morgan fingerprint density at radius 2 is 1.00 bits per heavy atom. The van der Waals surface area contributed by atoms with Crippen molar-refractivity contribution in [1.82, 2.24) is 19.5 Å². The zero-order chi connectivity index (χ0) is 32.7. The number of hydrogen-bond donors (Lipinski definition) is 0. The van der Waals surface area contributed by atoms with E-state index in [1.54, 1.807) is 0 Å². The van der Waals surface area contributed by atoms with Gasteiger partial charge in [0, 0.05) is 50.5 Å². The minimum atomic E-state index is 0.699. The molecular formula is C45H32N4. The third-order valence-electron chi connectivity index (χ3n) is 9.38. The first kappa shape index (κ1) is 28.8. The largest absolute Gasteiger partial charge is 0.339 e. The van der Waals surface area contributed by atoms with Gasteiger partial charge in [-0.1, -0.05) is 133 Å². The van der Waals surface area contributed by atoms with Crippen molar-refractivity contribution in [2.75, 3.05) is 0 Å². The molecule has 9 rings (SSSR count). The highest BCUT2D eigenvalue weighted by molar-refractivity contribution is 6.16. The molecule has 0 aliphatic carbocycles. The molecule has 3 heterocycles. The molecule has 0 aliphatic rings. The van der Waals surface area contributed by atoms with E-state index in [1.807, 2.05) is 36.4 Å². The molecule has 0 fully saturated rings. The Bertz CT molecular complexity index is 2580. The highest BCUT2D eigenvalue weighted by Gasteiger charge is 2.15. The fraction of sp³-hybridized carbons (Fsp3) is 0.0444. The van der Waals surface area contributed by atoms with Gasteiger partial charge in [0.2, 0.25) is 0 Å². The van der Waals surface area contributed by atoms with Crippen LogP contribution in [0.2, 0.25) is 0 Å². The first-order valence-electron chi connectivity index (χ1n) is 16.8. The Balaban J connectivity index is 1.14. The van der Waals surface area contributed by atoms with Crippen LogP contribution in [0, 0.1) is 0 Å². The Hall–Kier alpha value is -6.39. The summed E-state index contributed by atoms with van der Waals surface area (Å²) < 4.78 is 2.39. The second-order valence-electron chi connectivity index (χ2n) is 12.3. The summed E-state index contributed by atoms with van der Waals surface area (Å²) >= 11 is 0. The molecule has 0 aliphatic heterocycles. The van der Waals surface area contributed by atoms with Crippen molar-refractivity contribution in [2.45, 2.75) is 13.5 Å². The summed E-state index contributed by atoms with van der Waals surface area (Å²) in [6, 6.07) is 57.3. The molecule has 0 spiro atoms. The molecule has 232 valence electrons. The van der Waals surface area contributed by atoms with E-state index >= 15 is 0 Å². The number of hydrogen-bond acceptors (Lipinski definition) is 3. The number of nitrogens with zero attached hydrogens (tertiary/aromatic N) is 4. The monoisotopic (exact) mass is 628 g/mol. The van der Waals surface area contributed by atoms with Crippen LogP contribution in [0.25, 0.3) is 89.0 Å². The van der Waals surface area contributed by atoms with Crippen LogP contribution in [0.1, 0.15) is 6.92 Å². The van der Waals surface area contributed by atoms with Crippen molar-refractivity contribution in [3.05, 3.63) is 164 Å². The molecule has 0 saturated carbocycles. The fourth-order valence-electron chi connectivity index (χ4n) is 7.00. The third kappa shape index (κ3) is 5.15. The van der Waals surface area contributed by atoms with Gasteiger partial charge in [-0.05, 0) is 48.4 Å². The maximum absolute atomic E-state index is 5.31. The zero-order valence-corrected chi connectivity index (χ0v) is 27.1. The molecule has 0 N–H and O–H groups in total.